The largest absolute Gasteiger partial charge is 0.481 e. The molecule has 0 aliphatic rings. The van der Waals surface area contributed by atoms with Crippen LogP contribution in [-0.2, 0) is 9.59 Å². The summed E-state index contributed by atoms with van der Waals surface area (Å²) in [7, 11) is 0. The first-order chi connectivity index (χ1) is 19.5. The number of carboxylic acid groups (broad SMARTS) is 2. The Kier molecular flexibility index (Phi) is 52.5. The maximum absolute atomic E-state index is 10.8. The minimum Gasteiger partial charge on any atom is -0.481 e. The standard InChI is InChI=1S/C36H70O4.4ClH/c1-3-5-7-9-11-15-21-27-33(29-23-17-13-19-25-31-35(37)38)34(28-22-16-12-10-8-6-4-2)30-24-18-14-20-26-32-36(39)40;;;;/h33-34H,3-32H2,1-2H3,(H,37,38)(H,39,40);4*1H. The van der Waals surface area contributed by atoms with E-state index < -0.39 is 11.9 Å². The number of unbranched alkanes of at least 4 members (excludes halogenated alkanes) is 20. The highest BCUT2D eigenvalue weighted by Gasteiger charge is 2.20. The van der Waals surface area contributed by atoms with E-state index in [0.717, 1.165) is 37.5 Å². The minimum atomic E-state index is -0.662. The Balaban J connectivity index is -0.00000127. The van der Waals surface area contributed by atoms with Crippen LogP contribution in [0, 0.1) is 11.8 Å². The van der Waals surface area contributed by atoms with Crippen molar-refractivity contribution in [3.63, 3.8) is 0 Å². The van der Waals surface area contributed by atoms with E-state index in [1.807, 2.05) is 0 Å². The van der Waals surface area contributed by atoms with Gasteiger partial charge in [0, 0.05) is 12.8 Å². The van der Waals surface area contributed by atoms with Gasteiger partial charge in [-0.05, 0) is 24.7 Å². The molecular weight excluding hydrogens is 638 g/mol. The molecule has 0 aliphatic carbocycles. The van der Waals surface area contributed by atoms with Gasteiger partial charge in [0.15, 0.2) is 0 Å². The molecule has 44 heavy (non-hydrogen) atoms. The van der Waals surface area contributed by atoms with Crippen molar-refractivity contribution in [2.24, 2.45) is 11.8 Å². The lowest BCUT2D eigenvalue weighted by molar-refractivity contribution is -0.138. The molecule has 2 N–H and O–H groups in total. The Hall–Kier alpha value is 0.1000. The SMILES string of the molecule is CCCCCCCCCC(CCCCCCCC(=O)O)C(CCCCCCCCC)CCCCCCCC(=O)O.Cl.Cl.Cl.Cl. The van der Waals surface area contributed by atoms with Crippen molar-refractivity contribution in [1.82, 2.24) is 0 Å². The van der Waals surface area contributed by atoms with Gasteiger partial charge in [0.2, 0.25) is 0 Å². The molecule has 0 radical (unpaired) electrons. The summed E-state index contributed by atoms with van der Waals surface area (Å²) in [6.07, 6.45) is 36.7. The quantitative estimate of drug-likeness (QED) is 0.0664. The lowest BCUT2D eigenvalue weighted by Crippen LogP contribution is -2.16. The number of carboxylic acids is 2. The predicted molar refractivity (Wildman–Crippen MR) is 201 cm³/mol. The first-order valence-electron chi connectivity index (χ1n) is 17.9. The minimum absolute atomic E-state index is 0. The molecule has 0 saturated carbocycles. The molecule has 0 amide bonds. The third-order valence-corrected chi connectivity index (χ3v) is 8.95. The van der Waals surface area contributed by atoms with E-state index in [-0.39, 0.29) is 49.6 Å². The van der Waals surface area contributed by atoms with E-state index in [9.17, 15) is 9.59 Å². The molecule has 0 aromatic heterocycles. The molecular formula is C36H74Cl4O4. The van der Waals surface area contributed by atoms with Crippen molar-refractivity contribution in [1.29, 1.82) is 0 Å². The van der Waals surface area contributed by atoms with E-state index in [1.54, 1.807) is 0 Å². The van der Waals surface area contributed by atoms with Crippen LogP contribution >= 0.6 is 49.6 Å². The summed E-state index contributed by atoms with van der Waals surface area (Å²) in [4.78, 5) is 21.6. The fourth-order valence-corrected chi connectivity index (χ4v) is 6.38. The van der Waals surface area contributed by atoms with Gasteiger partial charge in [-0.1, -0.05) is 181 Å². The van der Waals surface area contributed by atoms with Crippen molar-refractivity contribution >= 4 is 61.6 Å². The van der Waals surface area contributed by atoms with Crippen LogP contribution in [0.5, 0.6) is 0 Å². The highest BCUT2D eigenvalue weighted by atomic mass is 35.5. The number of halogens is 4. The molecule has 0 bridgehead atoms. The van der Waals surface area contributed by atoms with Gasteiger partial charge in [-0.25, -0.2) is 0 Å². The summed E-state index contributed by atoms with van der Waals surface area (Å²) >= 11 is 0. The highest BCUT2D eigenvalue weighted by Crippen LogP contribution is 2.33. The van der Waals surface area contributed by atoms with Crippen molar-refractivity contribution in [3.05, 3.63) is 0 Å². The van der Waals surface area contributed by atoms with E-state index >= 15 is 0 Å². The molecule has 4 nitrogen and oxygen atoms in total. The maximum atomic E-state index is 10.8. The number of hydrogen-bond donors (Lipinski definition) is 2. The van der Waals surface area contributed by atoms with Crippen LogP contribution in [0.3, 0.4) is 0 Å². The molecule has 0 saturated heterocycles. The molecule has 0 aromatic rings. The van der Waals surface area contributed by atoms with E-state index in [4.69, 9.17) is 10.2 Å². The van der Waals surface area contributed by atoms with Crippen molar-refractivity contribution in [2.45, 2.75) is 206 Å². The van der Waals surface area contributed by atoms with Crippen molar-refractivity contribution in [3.8, 4) is 0 Å². The number of rotatable bonds is 33. The van der Waals surface area contributed by atoms with Crippen LogP contribution in [-0.4, -0.2) is 22.2 Å². The first-order valence-corrected chi connectivity index (χ1v) is 17.9. The molecule has 8 heteroatoms. The lowest BCUT2D eigenvalue weighted by Gasteiger charge is -2.28. The van der Waals surface area contributed by atoms with Gasteiger partial charge < -0.3 is 10.2 Å². The second-order valence-electron chi connectivity index (χ2n) is 12.7. The van der Waals surface area contributed by atoms with Gasteiger partial charge in [0.25, 0.3) is 0 Å². The Labute approximate surface area is 298 Å². The average molecular weight is 713 g/mol. The average Bonchev–Trinajstić information content (AvgIpc) is 2.92. The van der Waals surface area contributed by atoms with Gasteiger partial charge in [-0.3, -0.25) is 9.59 Å². The summed E-state index contributed by atoms with van der Waals surface area (Å²) < 4.78 is 0. The van der Waals surface area contributed by atoms with E-state index in [1.165, 1.54) is 154 Å². The highest BCUT2D eigenvalue weighted by molar-refractivity contribution is 5.86. The Morgan fingerprint density at radius 2 is 0.568 bits per heavy atom. The van der Waals surface area contributed by atoms with Gasteiger partial charge in [0.05, 0.1) is 0 Å². The Morgan fingerprint density at radius 1 is 0.364 bits per heavy atom. The van der Waals surface area contributed by atoms with Gasteiger partial charge in [0.1, 0.15) is 0 Å². The zero-order valence-electron chi connectivity index (χ0n) is 28.7. The molecule has 270 valence electrons. The molecule has 2 atom stereocenters. The zero-order valence-corrected chi connectivity index (χ0v) is 32.0. The molecule has 0 fully saturated rings. The van der Waals surface area contributed by atoms with Crippen LogP contribution < -0.4 is 0 Å². The lowest BCUT2D eigenvalue weighted by atomic mass is 9.78. The van der Waals surface area contributed by atoms with E-state index in [0.29, 0.717) is 12.8 Å². The zero-order chi connectivity index (χ0) is 29.5. The van der Waals surface area contributed by atoms with Crippen LogP contribution in [0.4, 0.5) is 0 Å². The Bertz CT molecular complexity index is 518. The third kappa shape index (κ3) is 40.1. The van der Waals surface area contributed by atoms with Gasteiger partial charge >= 0.3 is 11.9 Å². The molecule has 0 heterocycles. The topological polar surface area (TPSA) is 74.6 Å². The molecule has 2 unspecified atom stereocenters. The van der Waals surface area contributed by atoms with Gasteiger partial charge in [-0.2, -0.15) is 0 Å². The van der Waals surface area contributed by atoms with Gasteiger partial charge in [-0.15, -0.1) is 49.6 Å². The summed E-state index contributed by atoms with van der Waals surface area (Å²) in [5.74, 6) is 0.373. The van der Waals surface area contributed by atoms with Crippen LogP contribution in [0.15, 0.2) is 0 Å². The predicted octanol–water partition coefficient (Wildman–Crippen LogP) is 13.8. The fourth-order valence-electron chi connectivity index (χ4n) is 6.38. The molecule has 0 aliphatic heterocycles. The molecule has 0 aromatic carbocycles. The maximum Gasteiger partial charge on any atom is 0.303 e. The van der Waals surface area contributed by atoms with Crippen LogP contribution in [0.2, 0.25) is 0 Å². The fraction of sp³-hybridized carbons (Fsp3) is 0.944. The summed E-state index contributed by atoms with van der Waals surface area (Å²) in [6.45, 7) is 4.58. The monoisotopic (exact) mass is 710 g/mol. The second kappa shape index (κ2) is 43.1. The molecule has 0 spiro atoms. The first kappa shape index (κ1) is 53.6. The van der Waals surface area contributed by atoms with Crippen molar-refractivity contribution in [2.75, 3.05) is 0 Å². The summed E-state index contributed by atoms with van der Waals surface area (Å²) in [5.41, 5.74) is 0. The normalized spacial score (nSPS) is 11.8. The number of aliphatic carboxylic acids is 2. The van der Waals surface area contributed by atoms with E-state index in [2.05, 4.69) is 13.8 Å². The smallest absolute Gasteiger partial charge is 0.303 e. The second-order valence-corrected chi connectivity index (χ2v) is 12.7. The summed E-state index contributed by atoms with van der Waals surface area (Å²) in [5, 5.41) is 17.8. The van der Waals surface area contributed by atoms with Crippen LogP contribution in [0.25, 0.3) is 0 Å². The Morgan fingerprint density at radius 3 is 0.795 bits per heavy atom. The third-order valence-electron chi connectivity index (χ3n) is 8.95. The number of carbonyl (C=O) groups is 2. The van der Waals surface area contributed by atoms with Crippen molar-refractivity contribution < 1.29 is 19.8 Å². The summed E-state index contributed by atoms with van der Waals surface area (Å²) in [6, 6.07) is 0. The molecule has 0 rings (SSSR count). The van der Waals surface area contributed by atoms with Crippen LogP contribution in [0.1, 0.15) is 206 Å². The number of hydrogen-bond acceptors (Lipinski definition) is 2.